The lowest BCUT2D eigenvalue weighted by Crippen LogP contribution is -2.05. The number of rotatable bonds is 5. The van der Waals surface area contributed by atoms with Gasteiger partial charge in [0.2, 0.25) is 5.69 Å². The highest BCUT2D eigenvalue weighted by Crippen LogP contribution is 2.35. The summed E-state index contributed by atoms with van der Waals surface area (Å²) in [6, 6.07) is 2.57. The zero-order valence-corrected chi connectivity index (χ0v) is 9.30. The fourth-order valence-corrected chi connectivity index (χ4v) is 1.37. The van der Waals surface area contributed by atoms with Crippen molar-refractivity contribution in [2.24, 2.45) is 0 Å². The first kappa shape index (κ1) is 12.8. The van der Waals surface area contributed by atoms with Crippen molar-refractivity contribution in [3.05, 3.63) is 37.9 Å². The molecule has 1 rings (SSSR count). The van der Waals surface area contributed by atoms with E-state index in [4.69, 9.17) is 0 Å². The van der Waals surface area contributed by atoms with Crippen LogP contribution in [0.1, 0.15) is 12.5 Å². The van der Waals surface area contributed by atoms with E-state index in [1.165, 1.54) is 19.2 Å². The first-order valence-electron chi connectivity index (χ1n) is 4.76. The van der Waals surface area contributed by atoms with Crippen molar-refractivity contribution in [1.82, 2.24) is 0 Å². The van der Waals surface area contributed by atoms with Gasteiger partial charge in [-0.05, 0) is 12.0 Å². The Kier molecular flexibility index (Phi) is 3.94. The van der Waals surface area contributed by atoms with Crippen LogP contribution in [0.4, 0.5) is 17.1 Å². The number of aryl methyl sites for hydroxylation is 1. The molecule has 0 unspecified atom stereocenters. The molecule has 0 radical (unpaired) electrons. The van der Waals surface area contributed by atoms with Gasteiger partial charge in [-0.3, -0.25) is 30.5 Å². The first-order chi connectivity index (χ1) is 8.01. The second-order valence-corrected chi connectivity index (χ2v) is 3.18. The van der Waals surface area contributed by atoms with Gasteiger partial charge in [0.15, 0.2) is 0 Å². The second kappa shape index (κ2) is 5.21. The molecule has 17 heavy (non-hydrogen) atoms. The highest BCUT2D eigenvalue weighted by molar-refractivity contribution is 5.73. The Bertz CT molecular complexity index is 425. The standard InChI is InChI=1S/C9H11N3O5/c1-3-6-4-7(11(13)14)9(10-17-2)8(5-6)12(15)16/h4-5,10H,3H2,1-2H3. The normalized spacial score (nSPS) is 10.0. The van der Waals surface area contributed by atoms with E-state index in [1.54, 1.807) is 6.92 Å². The molecule has 0 atom stereocenters. The molecule has 0 amide bonds. The van der Waals surface area contributed by atoms with Crippen LogP contribution in [0.15, 0.2) is 12.1 Å². The molecule has 0 spiro atoms. The zero-order valence-electron chi connectivity index (χ0n) is 9.30. The Balaban J connectivity index is 3.49. The molecule has 8 nitrogen and oxygen atoms in total. The van der Waals surface area contributed by atoms with Crippen LogP contribution in [0.5, 0.6) is 0 Å². The molecule has 1 N–H and O–H groups in total. The highest BCUT2D eigenvalue weighted by Gasteiger charge is 2.26. The number of nitro benzene ring substituents is 2. The van der Waals surface area contributed by atoms with Crippen molar-refractivity contribution in [3.8, 4) is 0 Å². The highest BCUT2D eigenvalue weighted by atomic mass is 16.6. The molecular weight excluding hydrogens is 230 g/mol. The molecular formula is C9H11N3O5. The molecule has 1 aromatic carbocycles. The van der Waals surface area contributed by atoms with Crippen LogP contribution in [0.25, 0.3) is 0 Å². The average Bonchev–Trinajstić information content (AvgIpc) is 2.28. The van der Waals surface area contributed by atoms with Crippen LogP contribution < -0.4 is 5.48 Å². The van der Waals surface area contributed by atoms with E-state index < -0.39 is 9.85 Å². The molecule has 0 heterocycles. The van der Waals surface area contributed by atoms with Crippen LogP contribution in [-0.2, 0) is 11.3 Å². The average molecular weight is 241 g/mol. The van der Waals surface area contributed by atoms with Crippen molar-refractivity contribution >= 4 is 17.1 Å². The van der Waals surface area contributed by atoms with Crippen LogP contribution in [-0.4, -0.2) is 17.0 Å². The summed E-state index contributed by atoms with van der Waals surface area (Å²) < 4.78 is 0. The predicted octanol–water partition coefficient (Wildman–Crippen LogP) is 2.04. The van der Waals surface area contributed by atoms with Crippen LogP contribution in [0, 0.1) is 20.2 Å². The maximum Gasteiger partial charge on any atom is 0.302 e. The molecule has 0 saturated carbocycles. The fourth-order valence-electron chi connectivity index (χ4n) is 1.37. The van der Waals surface area contributed by atoms with Gasteiger partial charge in [-0.25, -0.2) is 0 Å². The largest absolute Gasteiger partial charge is 0.302 e. The molecule has 8 heteroatoms. The van der Waals surface area contributed by atoms with Crippen molar-refractivity contribution in [2.75, 3.05) is 12.6 Å². The molecule has 0 aromatic heterocycles. The number of nitrogens with zero attached hydrogens (tertiary/aromatic N) is 2. The molecule has 0 bridgehead atoms. The number of benzene rings is 1. The van der Waals surface area contributed by atoms with E-state index in [9.17, 15) is 20.2 Å². The van der Waals surface area contributed by atoms with Crippen molar-refractivity contribution in [2.45, 2.75) is 13.3 Å². The maximum absolute atomic E-state index is 10.8. The second-order valence-electron chi connectivity index (χ2n) is 3.18. The van der Waals surface area contributed by atoms with Gasteiger partial charge in [-0.2, -0.15) is 0 Å². The Morgan fingerprint density at radius 2 is 1.71 bits per heavy atom. The van der Waals surface area contributed by atoms with Gasteiger partial charge in [0.05, 0.1) is 17.0 Å². The number of nitro groups is 2. The Labute approximate surface area is 96.4 Å². The van der Waals surface area contributed by atoms with Crippen molar-refractivity contribution in [1.29, 1.82) is 0 Å². The number of hydrogen-bond acceptors (Lipinski definition) is 6. The number of hydrogen-bond donors (Lipinski definition) is 1. The van der Waals surface area contributed by atoms with Crippen LogP contribution >= 0.6 is 0 Å². The maximum atomic E-state index is 10.8. The Morgan fingerprint density at radius 1 is 1.24 bits per heavy atom. The summed E-state index contributed by atoms with van der Waals surface area (Å²) >= 11 is 0. The minimum Gasteiger partial charge on any atom is -0.279 e. The SMILES string of the molecule is CCc1cc([N+](=O)[O-])c(NOC)c([N+](=O)[O-])c1. The summed E-state index contributed by atoms with van der Waals surface area (Å²) in [6.07, 6.45) is 0.467. The quantitative estimate of drug-likeness (QED) is 0.624. The zero-order chi connectivity index (χ0) is 13.0. The molecule has 0 aliphatic heterocycles. The lowest BCUT2D eigenvalue weighted by molar-refractivity contribution is -0.392. The van der Waals surface area contributed by atoms with Gasteiger partial charge < -0.3 is 0 Å². The number of nitrogens with one attached hydrogen (secondary N) is 1. The van der Waals surface area contributed by atoms with Crippen molar-refractivity contribution < 1.29 is 14.7 Å². The van der Waals surface area contributed by atoms with Gasteiger partial charge in [0.25, 0.3) is 0 Å². The predicted molar refractivity (Wildman–Crippen MR) is 59.8 cm³/mol. The summed E-state index contributed by atoms with van der Waals surface area (Å²) in [4.78, 5) is 24.8. The smallest absolute Gasteiger partial charge is 0.279 e. The summed E-state index contributed by atoms with van der Waals surface area (Å²) in [5, 5.41) is 21.7. The summed E-state index contributed by atoms with van der Waals surface area (Å²) in [5.74, 6) is 0. The third kappa shape index (κ3) is 2.67. The summed E-state index contributed by atoms with van der Waals surface area (Å²) in [7, 11) is 1.22. The minimum atomic E-state index is -0.687. The van der Waals surface area contributed by atoms with Crippen LogP contribution in [0.2, 0.25) is 0 Å². The fraction of sp³-hybridized carbons (Fsp3) is 0.333. The lowest BCUT2D eigenvalue weighted by atomic mass is 10.1. The summed E-state index contributed by atoms with van der Waals surface area (Å²) in [6.45, 7) is 1.76. The van der Waals surface area contributed by atoms with E-state index in [1.807, 2.05) is 0 Å². The Morgan fingerprint density at radius 3 is 2.00 bits per heavy atom. The molecule has 1 aromatic rings. The lowest BCUT2D eigenvalue weighted by Gasteiger charge is -2.06. The third-order valence-corrected chi connectivity index (χ3v) is 2.16. The van der Waals surface area contributed by atoms with Gasteiger partial charge in [-0.1, -0.05) is 6.92 Å². The monoisotopic (exact) mass is 241 g/mol. The van der Waals surface area contributed by atoms with Gasteiger partial charge in [0.1, 0.15) is 0 Å². The molecule has 0 fully saturated rings. The van der Waals surface area contributed by atoms with E-state index in [-0.39, 0.29) is 17.1 Å². The molecule has 0 aliphatic carbocycles. The van der Waals surface area contributed by atoms with E-state index in [0.717, 1.165) is 0 Å². The molecule has 92 valence electrons. The molecule has 0 aliphatic rings. The third-order valence-electron chi connectivity index (χ3n) is 2.16. The van der Waals surface area contributed by atoms with Gasteiger partial charge in [0, 0.05) is 12.1 Å². The summed E-state index contributed by atoms with van der Waals surface area (Å²) in [5.41, 5.74) is 1.69. The topological polar surface area (TPSA) is 108 Å². The van der Waals surface area contributed by atoms with E-state index in [0.29, 0.717) is 12.0 Å². The number of anilines is 1. The van der Waals surface area contributed by atoms with E-state index in [2.05, 4.69) is 10.3 Å². The van der Waals surface area contributed by atoms with E-state index >= 15 is 0 Å². The molecule has 0 saturated heterocycles. The van der Waals surface area contributed by atoms with Gasteiger partial charge >= 0.3 is 11.4 Å². The Hall–Kier alpha value is -2.22. The van der Waals surface area contributed by atoms with Gasteiger partial charge in [-0.15, -0.1) is 0 Å². The van der Waals surface area contributed by atoms with Crippen LogP contribution in [0.3, 0.4) is 0 Å². The first-order valence-corrected chi connectivity index (χ1v) is 4.76. The van der Waals surface area contributed by atoms with Crippen molar-refractivity contribution in [3.63, 3.8) is 0 Å². The minimum absolute atomic E-state index is 0.250.